The predicted molar refractivity (Wildman–Crippen MR) is 68.7 cm³/mol. The molecule has 0 amide bonds. The fourth-order valence-electron chi connectivity index (χ4n) is 1.10. The molecule has 92 valence electrons. The van der Waals surface area contributed by atoms with Crippen molar-refractivity contribution in [1.82, 2.24) is 0 Å². The van der Waals surface area contributed by atoms with E-state index in [2.05, 4.69) is 21.1 Å². The first-order valence-electron chi connectivity index (χ1n) is 5.21. The topological polar surface area (TPSA) is 47.9 Å². The van der Waals surface area contributed by atoms with E-state index in [1.807, 2.05) is 24.3 Å². The number of carbonyl (C=O) groups is 1. The Hall–Kier alpha value is -1.36. The minimum Gasteiger partial charge on any atom is -0.461 e. The van der Waals surface area contributed by atoms with Crippen LogP contribution in [0, 0.1) is 0 Å². The van der Waals surface area contributed by atoms with E-state index in [0.717, 1.165) is 10.0 Å². The molecule has 1 rings (SSSR count). The summed E-state index contributed by atoms with van der Waals surface area (Å²) in [4.78, 5) is 16.3. The molecule has 0 unspecified atom stereocenters. The molecule has 0 saturated heterocycles. The zero-order valence-electron chi connectivity index (χ0n) is 9.77. The van der Waals surface area contributed by atoms with Gasteiger partial charge in [0, 0.05) is 4.47 Å². The van der Waals surface area contributed by atoms with Gasteiger partial charge in [0.1, 0.15) is 6.61 Å². The zero-order valence-corrected chi connectivity index (χ0v) is 11.4. The van der Waals surface area contributed by atoms with Crippen LogP contribution in [-0.4, -0.2) is 18.3 Å². The van der Waals surface area contributed by atoms with E-state index in [4.69, 9.17) is 9.57 Å². The van der Waals surface area contributed by atoms with Crippen LogP contribution in [0.5, 0.6) is 0 Å². The van der Waals surface area contributed by atoms with Crippen molar-refractivity contribution in [3.63, 3.8) is 0 Å². The molecule has 0 N–H and O–H groups in total. The van der Waals surface area contributed by atoms with Crippen LogP contribution in [0.3, 0.4) is 0 Å². The zero-order chi connectivity index (χ0) is 12.7. The number of oxime groups is 1. The molecule has 0 aliphatic heterocycles. The van der Waals surface area contributed by atoms with Crippen LogP contribution in [0.25, 0.3) is 0 Å². The van der Waals surface area contributed by atoms with Crippen molar-refractivity contribution in [3.8, 4) is 0 Å². The number of hydrogen-bond acceptors (Lipinski definition) is 4. The highest BCUT2D eigenvalue weighted by Crippen LogP contribution is 2.12. The van der Waals surface area contributed by atoms with Gasteiger partial charge in [0.2, 0.25) is 0 Å². The highest BCUT2D eigenvalue weighted by molar-refractivity contribution is 9.10. The number of ether oxygens (including phenoxy) is 1. The van der Waals surface area contributed by atoms with Crippen LogP contribution in [-0.2, 0) is 21.0 Å². The van der Waals surface area contributed by atoms with E-state index in [9.17, 15) is 4.79 Å². The molecule has 0 fully saturated rings. The van der Waals surface area contributed by atoms with Gasteiger partial charge in [-0.05, 0) is 31.5 Å². The van der Waals surface area contributed by atoms with Gasteiger partial charge >= 0.3 is 5.97 Å². The molecule has 0 spiro atoms. The number of halogens is 1. The average molecular weight is 300 g/mol. The van der Waals surface area contributed by atoms with E-state index < -0.39 is 5.97 Å². The summed E-state index contributed by atoms with van der Waals surface area (Å²) >= 11 is 3.36. The van der Waals surface area contributed by atoms with Crippen molar-refractivity contribution in [2.24, 2.45) is 5.16 Å². The van der Waals surface area contributed by atoms with Crippen molar-refractivity contribution in [1.29, 1.82) is 0 Å². The summed E-state index contributed by atoms with van der Waals surface area (Å²) in [5.74, 6) is -0.457. The van der Waals surface area contributed by atoms with Crippen LogP contribution < -0.4 is 0 Å². The summed E-state index contributed by atoms with van der Waals surface area (Å²) < 4.78 is 5.74. The maximum Gasteiger partial charge on any atom is 0.355 e. The third-order valence-electron chi connectivity index (χ3n) is 1.89. The van der Waals surface area contributed by atoms with Gasteiger partial charge in [-0.2, -0.15) is 0 Å². The summed E-state index contributed by atoms with van der Waals surface area (Å²) in [6.45, 7) is 3.94. The van der Waals surface area contributed by atoms with Gasteiger partial charge in [0.05, 0.1) is 6.61 Å². The molecule has 0 aliphatic carbocycles. The second-order valence-electron chi connectivity index (χ2n) is 3.30. The number of nitrogens with zero attached hydrogens (tertiary/aromatic N) is 1. The van der Waals surface area contributed by atoms with E-state index in [1.54, 1.807) is 13.8 Å². The van der Waals surface area contributed by atoms with Gasteiger partial charge in [-0.1, -0.05) is 33.2 Å². The Morgan fingerprint density at radius 3 is 2.88 bits per heavy atom. The fraction of sp³-hybridized carbons (Fsp3) is 0.333. The normalized spacial score (nSPS) is 11.1. The molecular formula is C12H14BrNO3. The number of hydrogen-bond donors (Lipinski definition) is 0. The minimum absolute atomic E-state index is 0.210. The minimum atomic E-state index is -0.457. The largest absolute Gasteiger partial charge is 0.461 e. The predicted octanol–water partition coefficient (Wildman–Crippen LogP) is 2.90. The smallest absolute Gasteiger partial charge is 0.355 e. The highest BCUT2D eigenvalue weighted by Gasteiger charge is 2.06. The highest BCUT2D eigenvalue weighted by atomic mass is 79.9. The lowest BCUT2D eigenvalue weighted by Gasteiger charge is -2.02. The quantitative estimate of drug-likeness (QED) is 0.477. The average Bonchev–Trinajstić information content (AvgIpc) is 2.29. The molecular weight excluding hydrogens is 286 g/mol. The van der Waals surface area contributed by atoms with Crippen molar-refractivity contribution in [3.05, 3.63) is 34.3 Å². The SMILES string of the molecule is CCOC(=O)/C(C)=N\OCc1cccc(Br)c1. The number of carbonyl (C=O) groups excluding carboxylic acids is 1. The maximum atomic E-state index is 11.2. The van der Waals surface area contributed by atoms with Gasteiger partial charge in [0.15, 0.2) is 5.71 Å². The standard InChI is InChI=1S/C12H14BrNO3/c1-3-16-12(15)9(2)14-17-8-10-5-4-6-11(13)7-10/h4-7H,3,8H2,1-2H3/b14-9-. The molecule has 1 aromatic carbocycles. The summed E-state index contributed by atoms with van der Waals surface area (Å²) in [6.07, 6.45) is 0. The molecule has 5 heteroatoms. The Kier molecular flexibility index (Phi) is 5.69. The van der Waals surface area contributed by atoms with E-state index in [-0.39, 0.29) is 5.71 Å². The third kappa shape index (κ3) is 4.99. The number of esters is 1. The van der Waals surface area contributed by atoms with Gasteiger partial charge in [0.25, 0.3) is 0 Å². The molecule has 0 radical (unpaired) electrons. The lowest BCUT2D eigenvalue weighted by Crippen LogP contribution is -2.14. The molecule has 0 saturated carbocycles. The third-order valence-corrected chi connectivity index (χ3v) is 2.39. The fourth-order valence-corrected chi connectivity index (χ4v) is 1.55. The van der Waals surface area contributed by atoms with Crippen molar-refractivity contribution in [2.45, 2.75) is 20.5 Å². The first kappa shape index (κ1) is 13.7. The molecule has 0 atom stereocenters. The second-order valence-corrected chi connectivity index (χ2v) is 4.22. The molecule has 0 bridgehead atoms. The van der Waals surface area contributed by atoms with Crippen LogP contribution in [0.1, 0.15) is 19.4 Å². The van der Waals surface area contributed by atoms with Gasteiger partial charge in [-0.3, -0.25) is 0 Å². The molecule has 0 heterocycles. The summed E-state index contributed by atoms with van der Waals surface area (Å²) in [6, 6.07) is 7.68. The Balaban J connectivity index is 2.46. The van der Waals surface area contributed by atoms with Crippen LogP contribution in [0.4, 0.5) is 0 Å². The Labute approximate surface area is 109 Å². The summed E-state index contributed by atoms with van der Waals surface area (Å²) in [5.41, 5.74) is 1.18. The van der Waals surface area contributed by atoms with Crippen LogP contribution >= 0.6 is 15.9 Å². The van der Waals surface area contributed by atoms with E-state index >= 15 is 0 Å². The number of benzene rings is 1. The molecule has 1 aromatic rings. The van der Waals surface area contributed by atoms with E-state index in [1.165, 1.54) is 0 Å². The van der Waals surface area contributed by atoms with Crippen LogP contribution in [0.15, 0.2) is 33.9 Å². The monoisotopic (exact) mass is 299 g/mol. The summed E-state index contributed by atoms with van der Waals surface area (Å²) in [7, 11) is 0. The van der Waals surface area contributed by atoms with Gasteiger partial charge in [-0.25, -0.2) is 4.79 Å². The first-order valence-corrected chi connectivity index (χ1v) is 6.01. The number of rotatable bonds is 5. The van der Waals surface area contributed by atoms with Crippen molar-refractivity contribution < 1.29 is 14.4 Å². The van der Waals surface area contributed by atoms with Gasteiger partial charge in [-0.15, -0.1) is 0 Å². The van der Waals surface area contributed by atoms with Crippen molar-refractivity contribution in [2.75, 3.05) is 6.61 Å². The van der Waals surface area contributed by atoms with Gasteiger partial charge < -0.3 is 9.57 Å². The summed E-state index contributed by atoms with van der Waals surface area (Å²) in [5, 5.41) is 3.69. The van der Waals surface area contributed by atoms with E-state index in [0.29, 0.717) is 13.2 Å². The maximum absolute atomic E-state index is 11.2. The van der Waals surface area contributed by atoms with Crippen LogP contribution in [0.2, 0.25) is 0 Å². The van der Waals surface area contributed by atoms with Crippen molar-refractivity contribution >= 4 is 27.6 Å². The molecule has 4 nitrogen and oxygen atoms in total. The lowest BCUT2D eigenvalue weighted by atomic mass is 10.2. The first-order chi connectivity index (χ1) is 8.13. The molecule has 17 heavy (non-hydrogen) atoms. The Bertz CT molecular complexity index is 418. The lowest BCUT2D eigenvalue weighted by molar-refractivity contribution is -0.135. The molecule has 0 aliphatic rings. The Morgan fingerprint density at radius 1 is 1.47 bits per heavy atom. The molecule has 0 aromatic heterocycles. The Morgan fingerprint density at radius 2 is 2.24 bits per heavy atom. The second kappa shape index (κ2) is 7.06.